The van der Waals surface area contributed by atoms with E-state index in [2.05, 4.69) is 101 Å². The molecule has 33 heavy (non-hydrogen) atoms. The normalized spacial score (nSPS) is 11.6. The Kier molecular flexibility index (Phi) is 3.84. The summed E-state index contributed by atoms with van der Waals surface area (Å²) in [5.74, 6) is 0. The SMILES string of the molecule is c1ccc2c(c1)oc1ccc(Nc3ccc(-n4c5ccccc5c5ccccc54)cc3)cc12. The molecule has 0 aliphatic heterocycles. The lowest BCUT2D eigenvalue weighted by Crippen LogP contribution is -1.95. The molecule has 0 bridgehead atoms. The molecule has 0 unspecified atom stereocenters. The van der Waals surface area contributed by atoms with E-state index < -0.39 is 0 Å². The smallest absolute Gasteiger partial charge is 0.135 e. The average molecular weight is 425 g/mol. The molecule has 3 nitrogen and oxygen atoms in total. The predicted octanol–water partition coefficient (Wildman–Crippen LogP) is 8.43. The van der Waals surface area contributed by atoms with Gasteiger partial charge in [0.25, 0.3) is 0 Å². The number of aromatic nitrogens is 1. The number of hydrogen-bond acceptors (Lipinski definition) is 2. The number of furan rings is 1. The van der Waals surface area contributed by atoms with Gasteiger partial charge in [0.05, 0.1) is 11.0 Å². The topological polar surface area (TPSA) is 30.1 Å². The van der Waals surface area contributed by atoms with Gasteiger partial charge in [-0.05, 0) is 60.7 Å². The highest BCUT2D eigenvalue weighted by Gasteiger charge is 2.11. The molecule has 7 aromatic rings. The summed E-state index contributed by atoms with van der Waals surface area (Å²) < 4.78 is 8.29. The van der Waals surface area contributed by atoms with Crippen molar-refractivity contribution in [3.8, 4) is 5.69 Å². The summed E-state index contributed by atoms with van der Waals surface area (Å²) >= 11 is 0. The van der Waals surface area contributed by atoms with E-state index in [1.165, 1.54) is 21.8 Å². The van der Waals surface area contributed by atoms with Gasteiger partial charge in [-0.1, -0.05) is 54.6 Å². The molecule has 156 valence electrons. The largest absolute Gasteiger partial charge is 0.456 e. The van der Waals surface area contributed by atoms with Crippen LogP contribution in [0.2, 0.25) is 0 Å². The minimum absolute atomic E-state index is 0.906. The van der Waals surface area contributed by atoms with Crippen LogP contribution in [-0.2, 0) is 0 Å². The van der Waals surface area contributed by atoms with Crippen LogP contribution in [0.15, 0.2) is 120 Å². The molecule has 5 aromatic carbocycles. The fraction of sp³-hybridized carbons (Fsp3) is 0. The van der Waals surface area contributed by atoms with Crippen molar-refractivity contribution < 1.29 is 4.42 Å². The van der Waals surface area contributed by atoms with Crippen molar-refractivity contribution >= 4 is 55.1 Å². The highest BCUT2D eigenvalue weighted by molar-refractivity contribution is 6.09. The molecule has 0 saturated heterocycles. The van der Waals surface area contributed by atoms with Crippen molar-refractivity contribution in [2.75, 3.05) is 5.32 Å². The minimum atomic E-state index is 0.906. The zero-order valence-corrected chi connectivity index (χ0v) is 17.8. The third-order valence-corrected chi connectivity index (χ3v) is 6.37. The number of benzene rings is 5. The van der Waals surface area contributed by atoms with Gasteiger partial charge < -0.3 is 14.3 Å². The molecule has 0 radical (unpaired) electrons. The second-order valence-electron chi connectivity index (χ2n) is 8.35. The van der Waals surface area contributed by atoms with Crippen LogP contribution in [0.5, 0.6) is 0 Å². The first-order valence-corrected chi connectivity index (χ1v) is 11.1. The van der Waals surface area contributed by atoms with Crippen molar-refractivity contribution in [2.24, 2.45) is 0 Å². The highest BCUT2D eigenvalue weighted by Crippen LogP contribution is 2.33. The first-order chi connectivity index (χ1) is 16.3. The van der Waals surface area contributed by atoms with E-state index in [4.69, 9.17) is 4.42 Å². The van der Waals surface area contributed by atoms with E-state index in [-0.39, 0.29) is 0 Å². The number of hydrogen-bond donors (Lipinski definition) is 1. The van der Waals surface area contributed by atoms with Gasteiger partial charge in [0.1, 0.15) is 11.2 Å². The Morgan fingerprint density at radius 3 is 1.79 bits per heavy atom. The summed E-state index contributed by atoms with van der Waals surface area (Å²) in [7, 11) is 0. The van der Waals surface area contributed by atoms with Crippen molar-refractivity contribution in [2.45, 2.75) is 0 Å². The van der Waals surface area contributed by atoms with Gasteiger partial charge in [-0.25, -0.2) is 0 Å². The van der Waals surface area contributed by atoms with E-state index in [9.17, 15) is 0 Å². The second kappa shape index (κ2) is 7.01. The second-order valence-corrected chi connectivity index (χ2v) is 8.35. The van der Waals surface area contributed by atoms with E-state index in [0.717, 1.165) is 39.0 Å². The molecule has 0 spiro atoms. The number of nitrogens with zero attached hydrogens (tertiary/aromatic N) is 1. The third-order valence-electron chi connectivity index (χ3n) is 6.37. The Morgan fingerprint density at radius 2 is 1.06 bits per heavy atom. The van der Waals surface area contributed by atoms with Crippen LogP contribution < -0.4 is 5.32 Å². The molecule has 0 fully saturated rings. The van der Waals surface area contributed by atoms with Crippen molar-refractivity contribution in [1.82, 2.24) is 4.57 Å². The van der Waals surface area contributed by atoms with Crippen LogP contribution in [0.4, 0.5) is 11.4 Å². The number of anilines is 2. The molecular weight excluding hydrogens is 404 g/mol. The Balaban J connectivity index is 1.27. The lowest BCUT2D eigenvalue weighted by Gasteiger charge is -2.10. The minimum Gasteiger partial charge on any atom is -0.456 e. The summed E-state index contributed by atoms with van der Waals surface area (Å²) in [5, 5.41) is 8.35. The van der Waals surface area contributed by atoms with Gasteiger partial charge >= 0.3 is 0 Å². The molecule has 2 aromatic heterocycles. The van der Waals surface area contributed by atoms with Gasteiger partial charge in [-0.2, -0.15) is 0 Å². The van der Waals surface area contributed by atoms with E-state index in [1.807, 2.05) is 24.3 Å². The zero-order chi connectivity index (χ0) is 21.8. The molecule has 0 aliphatic rings. The Labute approximate surface area is 190 Å². The Morgan fingerprint density at radius 1 is 0.485 bits per heavy atom. The average Bonchev–Trinajstić information content (AvgIpc) is 3.40. The molecule has 1 N–H and O–H groups in total. The monoisotopic (exact) mass is 424 g/mol. The first-order valence-electron chi connectivity index (χ1n) is 11.1. The van der Waals surface area contributed by atoms with Crippen LogP contribution in [0.25, 0.3) is 49.4 Å². The number of nitrogens with one attached hydrogen (secondary N) is 1. The summed E-state index contributed by atoms with van der Waals surface area (Å²) in [6.07, 6.45) is 0. The van der Waals surface area contributed by atoms with Gasteiger partial charge in [-0.3, -0.25) is 0 Å². The fourth-order valence-corrected chi connectivity index (χ4v) is 4.87. The molecule has 0 aliphatic carbocycles. The molecular formula is C30H20N2O. The number of rotatable bonds is 3. The van der Waals surface area contributed by atoms with E-state index in [0.29, 0.717) is 0 Å². The lowest BCUT2D eigenvalue weighted by atomic mass is 10.1. The van der Waals surface area contributed by atoms with Gasteiger partial charge in [-0.15, -0.1) is 0 Å². The van der Waals surface area contributed by atoms with Gasteiger partial charge in [0.15, 0.2) is 0 Å². The van der Waals surface area contributed by atoms with Crippen molar-refractivity contribution in [1.29, 1.82) is 0 Å². The third kappa shape index (κ3) is 2.83. The standard InChI is InChI=1S/C30H20N2O/c1-4-10-27-23(7-1)24-8-2-5-11-28(24)32(27)22-16-13-20(14-17-22)31-21-15-18-30-26(19-21)25-9-3-6-12-29(25)33-30/h1-19,31H. The van der Waals surface area contributed by atoms with Crippen LogP contribution in [0.3, 0.4) is 0 Å². The molecule has 0 amide bonds. The number of para-hydroxylation sites is 3. The van der Waals surface area contributed by atoms with E-state index in [1.54, 1.807) is 0 Å². The Hall–Kier alpha value is -4.50. The highest BCUT2D eigenvalue weighted by atomic mass is 16.3. The van der Waals surface area contributed by atoms with Crippen LogP contribution >= 0.6 is 0 Å². The lowest BCUT2D eigenvalue weighted by molar-refractivity contribution is 0.669. The maximum absolute atomic E-state index is 5.95. The van der Waals surface area contributed by atoms with Crippen LogP contribution in [0, 0.1) is 0 Å². The quantitative estimate of drug-likeness (QED) is 0.308. The van der Waals surface area contributed by atoms with Crippen LogP contribution in [0.1, 0.15) is 0 Å². The van der Waals surface area contributed by atoms with Crippen molar-refractivity contribution in [3.05, 3.63) is 115 Å². The molecule has 7 rings (SSSR count). The molecule has 3 heteroatoms. The number of fused-ring (bicyclic) bond motifs is 6. The van der Waals surface area contributed by atoms with Gasteiger partial charge in [0, 0.05) is 38.6 Å². The maximum Gasteiger partial charge on any atom is 0.135 e. The van der Waals surface area contributed by atoms with Crippen LogP contribution in [-0.4, -0.2) is 4.57 Å². The van der Waals surface area contributed by atoms with E-state index >= 15 is 0 Å². The summed E-state index contributed by atoms with van der Waals surface area (Å²) in [4.78, 5) is 0. The zero-order valence-electron chi connectivity index (χ0n) is 17.8. The predicted molar refractivity (Wildman–Crippen MR) is 138 cm³/mol. The summed E-state index contributed by atoms with van der Waals surface area (Å²) in [5.41, 5.74) is 7.50. The molecule has 0 saturated carbocycles. The van der Waals surface area contributed by atoms with Crippen molar-refractivity contribution in [3.63, 3.8) is 0 Å². The molecule has 0 atom stereocenters. The van der Waals surface area contributed by atoms with Gasteiger partial charge in [0.2, 0.25) is 0 Å². The fourth-order valence-electron chi connectivity index (χ4n) is 4.87. The first kappa shape index (κ1) is 18.1. The molecule has 2 heterocycles. The Bertz CT molecular complexity index is 1730. The summed E-state index contributed by atoms with van der Waals surface area (Å²) in [6.45, 7) is 0. The maximum atomic E-state index is 5.95. The summed E-state index contributed by atoms with van der Waals surface area (Å²) in [6, 6.07) is 40.2.